The fraction of sp³-hybridized carbons (Fsp3) is 0.462. The summed E-state index contributed by atoms with van der Waals surface area (Å²) in [4.78, 5) is 15.0. The van der Waals surface area contributed by atoms with Gasteiger partial charge in [-0.05, 0) is 54.9 Å². The highest BCUT2D eigenvalue weighted by atomic mass is 16.7. The minimum Gasteiger partial charge on any atom is -0.467 e. The van der Waals surface area contributed by atoms with E-state index in [2.05, 4.69) is 15.3 Å². The lowest BCUT2D eigenvalue weighted by Crippen LogP contribution is -2.42. The van der Waals surface area contributed by atoms with Crippen molar-refractivity contribution in [3.63, 3.8) is 0 Å². The molecule has 34 heavy (non-hydrogen) atoms. The fourth-order valence-corrected chi connectivity index (χ4v) is 6.04. The summed E-state index contributed by atoms with van der Waals surface area (Å²) >= 11 is 0. The number of aromatic nitrogens is 4. The Morgan fingerprint density at radius 3 is 2.62 bits per heavy atom. The number of carbonyl (C=O) groups excluding carboxylic acids is 1. The molecule has 3 heterocycles. The Morgan fingerprint density at radius 1 is 1.06 bits per heavy atom. The van der Waals surface area contributed by atoms with Crippen molar-refractivity contribution in [1.82, 2.24) is 20.0 Å². The SMILES string of the molecule is COCOc1cc(-c2cnn(C)c2)ccc1-c1cc2c(nn1)N(C1CC3CC[C@@H](C3)C1)C(=O)C2. The van der Waals surface area contributed by atoms with Crippen LogP contribution in [0.4, 0.5) is 5.82 Å². The summed E-state index contributed by atoms with van der Waals surface area (Å²) in [6, 6.07) is 8.23. The summed E-state index contributed by atoms with van der Waals surface area (Å²) in [5, 5.41) is 13.4. The van der Waals surface area contributed by atoms with Gasteiger partial charge in [-0.25, -0.2) is 0 Å². The van der Waals surface area contributed by atoms with E-state index in [9.17, 15) is 4.79 Å². The van der Waals surface area contributed by atoms with Crippen molar-refractivity contribution in [3.05, 3.63) is 42.2 Å². The zero-order valence-electron chi connectivity index (χ0n) is 19.6. The Balaban J connectivity index is 1.33. The zero-order valence-corrected chi connectivity index (χ0v) is 19.6. The number of methoxy groups -OCH3 is 1. The summed E-state index contributed by atoms with van der Waals surface area (Å²) < 4.78 is 12.8. The van der Waals surface area contributed by atoms with E-state index < -0.39 is 0 Å². The number of carbonyl (C=O) groups is 1. The number of fused-ring (bicyclic) bond motifs is 3. The van der Waals surface area contributed by atoms with Crippen LogP contribution in [0.5, 0.6) is 5.75 Å². The van der Waals surface area contributed by atoms with Gasteiger partial charge in [0, 0.05) is 43.1 Å². The third kappa shape index (κ3) is 3.76. The first kappa shape index (κ1) is 21.3. The molecule has 176 valence electrons. The van der Waals surface area contributed by atoms with Gasteiger partial charge in [-0.2, -0.15) is 5.10 Å². The zero-order chi connectivity index (χ0) is 23.2. The van der Waals surface area contributed by atoms with E-state index in [-0.39, 0.29) is 18.7 Å². The highest BCUT2D eigenvalue weighted by Gasteiger charge is 2.42. The number of hydrogen-bond donors (Lipinski definition) is 0. The third-order valence-electron chi connectivity index (χ3n) is 7.54. The predicted octanol–water partition coefficient (Wildman–Crippen LogP) is 3.99. The Kier molecular flexibility index (Phi) is 5.32. The molecule has 0 saturated heterocycles. The van der Waals surface area contributed by atoms with Gasteiger partial charge in [0.1, 0.15) is 5.75 Å². The number of rotatable bonds is 6. The van der Waals surface area contributed by atoms with Crippen LogP contribution in [0, 0.1) is 11.8 Å². The number of benzene rings is 1. The van der Waals surface area contributed by atoms with Crippen LogP contribution in [-0.2, 0) is 23.0 Å². The molecule has 1 amide bonds. The number of anilines is 1. The summed E-state index contributed by atoms with van der Waals surface area (Å²) in [5.74, 6) is 3.06. The molecule has 0 N–H and O–H groups in total. The molecule has 3 aliphatic rings. The molecule has 2 aliphatic carbocycles. The first-order valence-electron chi connectivity index (χ1n) is 12.0. The van der Waals surface area contributed by atoms with Gasteiger partial charge in [0.15, 0.2) is 12.6 Å². The second kappa shape index (κ2) is 8.51. The average molecular weight is 460 g/mol. The molecule has 2 fully saturated rings. The molecule has 1 aromatic carbocycles. The fourth-order valence-electron chi connectivity index (χ4n) is 6.04. The topological polar surface area (TPSA) is 82.4 Å². The summed E-state index contributed by atoms with van der Waals surface area (Å²) in [6.45, 7) is 0.123. The maximum Gasteiger partial charge on any atom is 0.233 e. The maximum atomic E-state index is 13.0. The van der Waals surface area contributed by atoms with Crippen molar-refractivity contribution in [2.45, 2.75) is 44.6 Å². The van der Waals surface area contributed by atoms with Crippen LogP contribution in [0.3, 0.4) is 0 Å². The smallest absolute Gasteiger partial charge is 0.233 e. The molecule has 0 spiro atoms. The van der Waals surface area contributed by atoms with E-state index in [4.69, 9.17) is 9.47 Å². The highest BCUT2D eigenvalue weighted by molar-refractivity contribution is 6.01. The van der Waals surface area contributed by atoms with Crippen LogP contribution in [0.15, 0.2) is 36.7 Å². The molecular weight excluding hydrogens is 430 g/mol. The largest absolute Gasteiger partial charge is 0.467 e. The molecule has 2 bridgehead atoms. The van der Waals surface area contributed by atoms with Crippen LogP contribution in [0.2, 0.25) is 0 Å². The molecule has 3 atom stereocenters. The van der Waals surface area contributed by atoms with Crippen LogP contribution >= 0.6 is 0 Å². The summed E-state index contributed by atoms with van der Waals surface area (Å²) in [7, 11) is 3.49. The van der Waals surface area contributed by atoms with Crippen molar-refractivity contribution in [2.75, 3.05) is 18.8 Å². The van der Waals surface area contributed by atoms with Crippen molar-refractivity contribution in [3.8, 4) is 28.1 Å². The van der Waals surface area contributed by atoms with E-state index in [0.717, 1.165) is 52.7 Å². The normalized spacial score (nSPS) is 23.4. The monoisotopic (exact) mass is 459 g/mol. The number of amides is 1. The van der Waals surface area contributed by atoms with E-state index in [1.165, 1.54) is 19.3 Å². The first-order valence-corrected chi connectivity index (χ1v) is 12.0. The van der Waals surface area contributed by atoms with Gasteiger partial charge >= 0.3 is 0 Å². The molecular formula is C26H29N5O3. The minimum atomic E-state index is 0.123. The van der Waals surface area contributed by atoms with E-state index in [1.807, 2.05) is 48.6 Å². The Morgan fingerprint density at radius 2 is 1.88 bits per heavy atom. The van der Waals surface area contributed by atoms with E-state index in [0.29, 0.717) is 17.9 Å². The number of aryl methyl sites for hydroxylation is 1. The summed E-state index contributed by atoms with van der Waals surface area (Å²) in [5.41, 5.74) is 4.45. The second-order valence-electron chi connectivity index (χ2n) is 9.85. The molecule has 3 aromatic rings. The highest BCUT2D eigenvalue weighted by Crippen LogP contribution is 2.46. The molecule has 1 aliphatic heterocycles. The molecule has 2 unspecified atom stereocenters. The Bertz CT molecular complexity index is 1230. The molecule has 2 saturated carbocycles. The molecule has 8 nitrogen and oxygen atoms in total. The maximum absolute atomic E-state index is 13.0. The first-order chi connectivity index (χ1) is 16.6. The van der Waals surface area contributed by atoms with Crippen molar-refractivity contribution in [2.24, 2.45) is 18.9 Å². The van der Waals surface area contributed by atoms with Crippen LogP contribution < -0.4 is 9.64 Å². The molecule has 0 radical (unpaired) electrons. The van der Waals surface area contributed by atoms with E-state index >= 15 is 0 Å². The quantitative estimate of drug-likeness (QED) is 0.519. The van der Waals surface area contributed by atoms with Crippen LogP contribution in [0.25, 0.3) is 22.4 Å². The minimum absolute atomic E-state index is 0.123. The van der Waals surface area contributed by atoms with Gasteiger partial charge in [0.2, 0.25) is 5.91 Å². The van der Waals surface area contributed by atoms with Crippen molar-refractivity contribution >= 4 is 11.7 Å². The third-order valence-corrected chi connectivity index (χ3v) is 7.54. The number of ether oxygens (including phenoxy) is 2. The van der Waals surface area contributed by atoms with Crippen LogP contribution in [0.1, 0.15) is 37.7 Å². The predicted molar refractivity (Wildman–Crippen MR) is 127 cm³/mol. The lowest BCUT2D eigenvalue weighted by molar-refractivity contribution is -0.118. The lowest BCUT2D eigenvalue weighted by Gasteiger charge is -2.34. The average Bonchev–Trinajstić information content (AvgIpc) is 3.52. The van der Waals surface area contributed by atoms with E-state index in [1.54, 1.807) is 11.8 Å². The van der Waals surface area contributed by atoms with Gasteiger partial charge in [-0.3, -0.25) is 14.4 Å². The molecule has 6 rings (SSSR count). The van der Waals surface area contributed by atoms with Gasteiger partial charge in [-0.1, -0.05) is 18.9 Å². The lowest BCUT2D eigenvalue weighted by atomic mass is 9.85. The number of nitrogens with zero attached hydrogens (tertiary/aromatic N) is 5. The van der Waals surface area contributed by atoms with Gasteiger partial charge < -0.3 is 9.47 Å². The second-order valence-corrected chi connectivity index (χ2v) is 9.85. The van der Waals surface area contributed by atoms with Crippen molar-refractivity contribution < 1.29 is 14.3 Å². The van der Waals surface area contributed by atoms with Crippen molar-refractivity contribution in [1.29, 1.82) is 0 Å². The Hall–Kier alpha value is -3.26. The number of hydrogen-bond acceptors (Lipinski definition) is 6. The molecule has 8 heteroatoms. The summed E-state index contributed by atoms with van der Waals surface area (Å²) in [6.07, 6.45) is 10.3. The van der Waals surface area contributed by atoms with Gasteiger partial charge in [-0.15, -0.1) is 10.2 Å². The van der Waals surface area contributed by atoms with Crippen LogP contribution in [-0.4, -0.2) is 45.8 Å². The molecule has 2 aromatic heterocycles. The standard InChI is InChI=1S/C26H29N5O3/c1-30-14-20(13-27-30)18-5-6-22(24(11-18)34-15-33-2)23-10-19-12-25(32)31(26(19)29-28-23)21-8-16-3-4-17(7-16)9-21/h5-6,10-11,13-14,16-17,21H,3-4,7-9,12,15H2,1-2H3/t16-,17?,21?/m0/s1. The van der Waals surface area contributed by atoms with Gasteiger partial charge in [0.05, 0.1) is 18.3 Å². The van der Waals surface area contributed by atoms with Gasteiger partial charge in [0.25, 0.3) is 0 Å². The Labute approximate surface area is 198 Å².